The van der Waals surface area contributed by atoms with Crippen LogP contribution in [0.2, 0.25) is 0 Å². The lowest BCUT2D eigenvalue weighted by Gasteiger charge is -2.33. The molecule has 2 amide bonds. The van der Waals surface area contributed by atoms with Crippen molar-refractivity contribution in [1.29, 1.82) is 0 Å². The monoisotopic (exact) mass is 532 g/mol. The van der Waals surface area contributed by atoms with E-state index in [0.717, 1.165) is 26.2 Å². The normalized spacial score (nSPS) is 13.1. The number of carbonyl (C=O) groups excluding carboxylic acids is 2. The van der Waals surface area contributed by atoms with Gasteiger partial charge in [0.25, 0.3) is 0 Å². The summed E-state index contributed by atoms with van der Waals surface area (Å²) >= 11 is 0. The largest absolute Gasteiger partial charge is 0.497 e. The molecule has 2 aromatic carbocycles. The highest BCUT2D eigenvalue weighted by atomic mass is 32.2. The second-order valence-corrected chi connectivity index (χ2v) is 11.5. The molecule has 0 saturated heterocycles. The van der Waals surface area contributed by atoms with Crippen molar-refractivity contribution in [2.45, 2.75) is 59.7 Å². The van der Waals surface area contributed by atoms with Crippen molar-refractivity contribution in [2.75, 3.05) is 32.1 Å². The molecule has 37 heavy (non-hydrogen) atoms. The zero-order valence-electron chi connectivity index (χ0n) is 23.1. The summed E-state index contributed by atoms with van der Waals surface area (Å²) in [6.45, 7) is 8.85. The Morgan fingerprint density at radius 2 is 1.65 bits per heavy atom. The molecular weight excluding hydrogens is 492 g/mol. The number of carbonyl (C=O) groups is 2. The Hall–Kier alpha value is -3.11. The zero-order chi connectivity index (χ0) is 27.9. The first-order valence-corrected chi connectivity index (χ1v) is 13.7. The van der Waals surface area contributed by atoms with Crippen molar-refractivity contribution in [1.82, 2.24) is 14.5 Å². The number of hydrogen-bond donors (Lipinski definition) is 1. The fraction of sp³-hybridized carbons (Fsp3) is 0.481. The number of methoxy groups -OCH3 is 1. The predicted molar refractivity (Wildman–Crippen MR) is 147 cm³/mol. The van der Waals surface area contributed by atoms with Gasteiger partial charge in [-0.1, -0.05) is 31.2 Å². The lowest BCUT2D eigenvalue weighted by atomic mass is 10.1. The van der Waals surface area contributed by atoms with Gasteiger partial charge in [-0.15, -0.1) is 0 Å². The first-order valence-electron chi connectivity index (χ1n) is 12.3. The summed E-state index contributed by atoms with van der Waals surface area (Å²) in [4.78, 5) is 28.3. The smallest absolute Gasteiger partial charge is 0.304 e. The third kappa shape index (κ3) is 7.69. The zero-order valence-corrected chi connectivity index (χ0v) is 23.9. The Morgan fingerprint density at radius 1 is 1.03 bits per heavy atom. The first-order chi connectivity index (χ1) is 17.3. The van der Waals surface area contributed by atoms with Gasteiger partial charge >= 0.3 is 10.2 Å². The van der Waals surface area contributed by atoms with Crippen LogP contribution in [0.3, 0.4) is 0 Å². The Morgan fingerprint density at radius 3 is 2.19 bits per heavy atom. The summed E-state index contributed by atoms with van der Waals surface area (Å²) in [5.74, 6) is -0.124. The van der Waals surface area contributed by atoms with Crippen LogP contribution in [0.4, 0.5) is 5.69 Å². The van der Waals surface area contributed by atoms with Crippen LogP contribution in [-0.4, -0.2) is 69.3 Å². The van der Waals surface area contributed by atoms with Crippen LogP contribution in [0.25, 0.3) is 0 Å². The third-order valence-electron chi connectivity index (χ3n) is 6.33. The number of rotatable bonds is 12. The van der Waals surface area contributed by atoms with Gasteiger partial charge in [0.2, 0.25) is 11.8 Å². The molecule has 0 aliphatic heterocycles. The summed E-state index contributed by atoms with van der Waals surface area (Å²) in [6, 6.07) is 11.8. The Kier molecular flexibility index (Phi) is 10.5. The van der Waals surface area contributed by atoms with Crippen molar-refractivity contribution in [2.24, 2.45) is 0 Å². The minimum Gasteiger partial charge on any atom is -0.497 e. The number of hydrogen-bond acceptors (Lipinski definition) is 5. The van der Waals surface area contributed by atoms with E-state index in [1.165, 1.54) is 19.0 Å². The van der Waals surface area contributed by atoms with Gasteiger partial charge in [0.1, 0.15) is 18.3 Å². The molecule has 1 N–H and O–H groups in total. The maximum absolute atomic E-state index is 13.8. The van der Waals surface area contributed by atoms with E-state index < -0.39 is 28.7 Å². The average molecular weight is 533 g/mol. The van der Waals surface area contributed by atoms with Gasteiger partial charge in [-0.05, 0) is 69.0 Å². The van der Waals surface area contributed by atoms with E-state index in [1.54, 1.807) is 39.2 Å². The molecular formula is C27H40N4O5S. The van der Waals surface area contributed by atoms with Crippen LogP contribution in [0.5, 0.6) is 5.75 Å². The number of anilines is 1. The Bertz CT molecular complexity index is 1180. The standard InChI is InChI=1S/C27H40N4O5S/c1-9-21(4)28-27(33)22(5)30(17-23-12-14-24(36-8)15-13-23)26(32)18-31(37(34,35)29(6)7)25-16-19(2)10-11-20(25)3/h10-16,21-22H,9,17-18H2,1-8H3,(H,28,33)/t21-,22-/m0/s1. The fourth-order valence-corrected chi connectivity index (χ4v) is 4.78. The van der Waals surface area contributed by atoms with E-state index in [1.807, 2.05) is 45.0 Å². The SMILES string of the molecule is CC[C@H](C)NC(=O)[C@H](C)N(Cc1ccc(OC)cc1)C(=O)CN(c1cc(C)ccc1C)S(=O)(=O)N(C)C. The van der Waals surface area contributed by atoms with E-state index in [2.05, 4.69) is 5.32 Å². The summed E-state index contributed by atoms with van der Waals surface area (Å²) in [5, 5.41) is 2.93. The topological polar surface area (TPSA) is 99.3 Å². The van der Waals surface area contributed by atoms with Crippen LogP contribution < -0.4 is 14.4 Å². The molecule has 0 fully saturated rings. The minimum atomic E-state index is -4.01. The van der Waals surface area contributed by atoms with Gasteiger partial charge in [-0.25, -0.2) is 4.31 Å². The molecule has 0 aliphatic rings. The number of aryl methyl sites for hydroxylation is 2. The molecule has 0 saturated carbocycles. The number of benzene rings is 2. The summed E-state index contributed by atoms with van der Waals surface area (Å²) in [6.07, 6.45) is 0.742. The van der Waals surface area contributed by atoms with Crippen LogP contribution in [0.15, 0.2) is 42.5 Å². The van der Waals surface area contributed by atoms with Gasteiger partial charge in [0.15, 0.2) is 0 Å². The second kappa shape index (κ2) is 12.9. The predicted octanol–water partition coefficient (Wildman–Crippen LogP) is 3.26. The molecule has 0 radical (unpaired) electrons. The van der Waals surface area contributed by atoms with Crippen LogP contribution in [0.1, 0.15) is 43.9 Å². The molecule has 2 atom stereocenters. The molecule has 10 heteroatoms. The maximum atomic E-state index is 13.8. The molecule has 0 aliphatic carbocycles. The lowest BCUT2D eigenvalue weighted by molar-refractivity contribution is -0.139. The molecule has 0 aromatic heterocycles. The third-order valence-corrected chi connectivity index (χ3v) is 8.14. The lowest BCUT2D eigenvalue weighted by Crippen LogP contribution is -2.53. The molecule has 0 bridgehead atoms. The van der Waals surface area contributed by atoms with Gasteiger partial charge in [0.05, 0.1) is 12.8 Å². The van der Waals surface area contributed by atoms with Crippen molar-refractivity contribution in [3.05, 3.63) is 59.2 Å². The van der Waals surface area contributed by atoms with E-state index in [-0.39, 0.29) is 18.5 Å². The maximum Gasteiger partial charge on any atom is 0.304 e. The molecule has 0 unspecified atom stereocenters. The van der Waals surface area contributed by atoms with Crippen molar-refractivity contribution in [3.63, 3.8) is 0 Å². The van der Waals surface area contributed by atoms with Crippen molar-refractivity contribution >= 4 is 27.7 Å². The number of amides is 2. The van der Waals surface area contributed by atoms with E-state index in [4.69, 9.17) is 4.74 Å². The molecule has 0 heterocycles. The Balaban J connectivity index is 2.50. The Labute approximate surface area is 221 Å². The summed E-state index contributed by atoms with van der Waals surface area (Å²) in [7, 11) is 0.412. The van der Waals surface area contributed by atoms with Crippen LogP contribution in [0, 0.1) is 13.8 Å². The number of ether oxygens (including phenoxy) is 1. The van der Waals surface area contributed by atoms with E-state index in [9.17, 15) is 18.0 Å². The van der Waals surface area contributed by atoms with Crippen molar-refractivity contribution < 1.29 is 22.7 Å². The minimum absolute atomic E-state index is 0.0616. The van der Waals surface area contributed by atoms with Crippen LogP contribution in [-0.2, 0) is 26.3 Å². The highest BCUT2D eigenvalue weighted by Gasteiger charge is 2.33. The first kappa shape index (κ1) is 30.1. The number of nitrogens with zero attached hydrogens (tertiary/aromatic N) is 3. The summed E-state index contributed by atoms with van der Waals surface area (Å²) in [5.41, 5.74) is 2.78. The van der Waals surface area contributed by atoms with Crippen LogP contribution >= 0.6 is 0 Å². The molecule has 2 rings (SSSR count). The van der Waals surface area contributed by atoms with Gasteiger partial charge in [-0.2, -0.15) is 12.7 Å². The quantitative estimate of drug-likeness (QED) is 0.452. The molecule has 2 aromatic rings. The summed E-state index contributed by atoms with van der Waals surface area (Å²) < 4.78 is 34.1. The van der Waals surface area contributed by atoms with Gasteiger partial charge in [0, 0.05) is 26.7 Å². The van der Waals surface area contributed by atoms with Gasteiger partial charge < -0.3 is 15.0 Å². The average Bonchev–Trinajstić information content (AvgIpc) is 2.86. The van der Waals surface area contributed by atoms with Crippen molar-refractivity contribution in [3.8, 4) is 5.75 Å². The molecule has 9 nitrogen and oxygen atoms in total. The number of nitrogens with one attached hydrogen (secondary N) is 1. The van der Waals surface area contributed by atoms with Gasteiger partial charge in [-0.3, -0.25) is 9.59 Å². The molecule has 204 valence electrons. The van der Waals surface area contributed by atoms with E-state index in [0.29, 0.717) is 17.0 Å². The molecule has 0 spiro atoms. The van der Waals surface area contributed by atoms with E-state index >= 15 is 0 Å². The highest BCUT2D eigenvalue weighted by molar-refractivity contribution is 7.90. The highest BCUT2D eigenvalue weighted by Crippen LogP contribution is 2.26. The second-order valence-electron chi connectivity index (χ2n) is 9.45. The fourth-order valence-electron chi connectivity index (χ4n) is 3.67.